The second-order valence-corrected chi connectivity index (χ2v) is 7.53. The van der Waals surface area contributed by atoms with E-state index in [4.69, 9.17) is 0 Å². The highest BCUT2D eigenvalue weighted by Gasteiger charge is 2.17. The summed E-state index contributed by atoms with van der Waals surface area (Å²) in [7, 11) is 0. The third-order valence-electron chi connectivity index (χ3n) is 5.40. The average molecular weight is 426 g/mol. The molecule has 0 radical (unpaired) electrons. The number of aryl methyl sites for hydroxylation is 1. The normalized spacial score (nSPS) is 11.3. The summed E-state index contributed by atoms with van der Waals surface area (Å²) < 4.78 is 71.7. The maximum Gasteiger partial charge on any atom is 0.166 e. The van der Waals surface area contributed by atoms with Crippen molar-refractivity contribution in [2.24, 2.45) is 0 Å². The van der Waals surface area contributed by atoms with Crippen LogP contribution in [0.2, 0.25) is 0 Å². The van der Waals surface area contributed by atoms with Crippen molar-refractivity contribution in [1.29, 1.82) is 0 Å². The van der Waals surface area contributed by atoms with Crippen molar-refractivity contribution in [3.8, 4) is 22.3 Å². The first-order valence-corrected chi connectivity index (χ1v) is 10.0. The molecule has 0 saturated heterocycles. The number of unbranched alkanes of at least 4 members (excludes halogenated alkanes) is 1. The Bertz CT molecular complexity index is 1250. The monoisotopic (exact) mass is 426 g/mol. The molecule has 0 spiro atoms. The van der Waals surface area contributed by atoms with Gasteiger partial charge in [-0.1, -0.05) is 43.7 Å². The van der Waals surface area contributed by atoms with Gasteiger partial charge in [-0.25, -0.2) is 22.0 Å². The van der Waals surface area contributed by atoms with Gasteiger partial charge < -0.3 is 0 Å². The van der Waals surface area contributed by atoms with Crippen LogP contribution in [0.15, 0.2) is 60.7 Å². The first kappa shape index (κ1) is 21.0. The number of hydrogen-bond acceptors (Lipinski definition) is 0. The lowest BCUT2D eigenvalue weighted by Gasteiger charge is -2.11. The van der Waals surface area contributed by atoms with Crippen molar-refractivity contribution < 1.29 is 22.0 Å². The lowest BCUT2D eigenvalue weighted by atomic mass is 9.96. The van der Waals surface area contributed by atoms with Gasteiger partial charge in [0.15, 0.2) is 11.6 Å². The van der Waals surface area contributed by atoms with Gasteiger partial charge in [0, 0.05) is 10.9 Å². The van der Waals surface area contributed by atoms with Crippen LogP contribution in [-0.2, 0) is 6.42 Å². The van der Waals surface area contributed by atoms with Crippen LogP contribution in [0, 0.1) is 29.1 Å². The van der Waals surface area contributed by atoms with Crippen molar-refractivity contribution in [1.82, 2.24) is 0 Å². The van der Waals surface area contributed by atoms with Gasteiger partial charge in [-0.3, -0.25) is 0 Å². The molecule has 4 aromatic carbocycles. The highest BCUT2D eigenvalue weighted by atomic mass is 19.2. The van der Waals surface area contributed by atoms with E-state index < -0.39 is 29.1 Å². The van der Waals surface area contributed by atoms with E-state index in [1.165, 1.54) is 36.4 Å². The van der Waals surface area contributed by atoms with Crippen LogP contribution in [0.4, 0.5) is 22.0 Å². The Balaban J connectivity index is 1.74. The smallest absolute Gasteiger partial charge is 0.166 e. The van der Waals surface area contributed by atoms with Crippen LogP contribution in [0.5, 0.6) is 0 Å². The predicted molar refractivity (Wildman–Crippen MR) is 113 cm³/mol. The van der Waals surface area contributed by atoms with Gasteiger partial charge in [-0.05, 0) is 65.3 Å². The van der Waals surface area contributed by atoms with Crippen LogP contribution >= 0.6 is 0 Å². The van der Waals surface area contributed by atoms with E-state index in [0.29, 0.717) is 5.39 Å². The van der Waals surface area contributed by atoms with Crippen molar-refractivity contribution >= 4 is 10.8 Å². The minimum absolute atomic E-state index is 0.0198. The fourth-order valence-corrected chi connectivity index (χ4v) is 3.75. The minimum Gasteiger partial charge on any atom is -0.206 e. The van der Waals surface area contributed by atoms with Crippen molar-refractivity contribution in [3.63, 3.8) is 0 Å². The van der Waals surface area contributed by atoms with Gasteiger partial charge in [0.05, 0.1) is 5.56 Å². The lowest BCUT2D eigenvalue weighted by molar-refractivity contribution is 0.517. The molecule has 0 unspecified atom stereocenters. The quantitative estimate of drug-likeness (QED) is 0.282. The Morgan fingerprint density at radius 2 is 1.39 bits per heavy atom. The zero-order valence-corrected chi connectivity index (χ0v) is 16.8. The Morgan fingerprint density at radius 1 is 0.645 bits per heavy atom. The number of halogens is 5. The molecule has 0 heterocycles. The molecule has 0 N–H and O–H groups in total. The van der Waals surface area contributed by atoms with Gasteiger partial charge in [-0.15, -0.1) is 0 Å². The van der Waals surface area contributed by atoms with E-state index in [0.717, 1.165) is 43.0 Å². The molecule has 0 aliphatic rings. The molecule has 158 valence electrons. The molecule has 0 aliphatic carbocycles. The van der Waals surface area contributed by atoms with Gasteiger partial charge in [0.1, 0.15) is 17.5 Å². The zero-order valence-electron chi connectivity index (χ0n) is 16.8. The second-order valence-electron chi connectivity index (χ2n) is 7.53. The molecule has 0 amide bonds. The largest absolute Gasteiger partial charge is 0.206 e. The minimum atomic E-state index is -1.02. The van der Waals surface area contributed by atoms with Gasteiger partial charge >= 0.3 is 0 Å². The summed E-state index contributed by atoms with van der Waals surface area (Å²) in [6, 6.07) is 13.2. The van der Waals surface area contributed by atoms with E-state index in [-0.39, 0.29) is 27.6 Å². The standard InChI is InChI=1S/C26H19F5/c1-2-3-4-15-5-8-19(22(28)11-15)18-13-23(29)25(24(30)14-18)17-6-9-20-16(12-17)7-10-21(27)26(20)31/h5-14H,2-4H2,1H3. The summed E-state index contributed by atoms with van der Waals surface area (Å²) in [5.74, 6) is -4.29. The van der Waals surface area contributed by atoms with E-state index in [1.54, 1.807) is 6.07 Å². The summed E-state index contributed by atoms with van der Waals surface area (Å²) in [6.45, 7) is 2.04. The SMILES string of the molecule is CCCCc1ccc(-c2cc(F)c(-c3ccc4c(F)c(F)ccc4c3)c(F)c2)c(F)c1. The van der Waals surface area contributed by atoms with E-state index >= 15 is 0 Å². The third kappa shape index (κ3) is 4.05. The Hall–Kier alpha value is -3.21. The first-order valence-electron chi connectivity index (χ1n) is 10.0. The molecule has 4 aromatic rings. The molecule has 0 nitrogen and oxygen atoms in total. The van der Waals surface area contributed by atoms with E-state index in [9.17, 15) is 22.0 Å². The summed E-state index contributed by atoms with van der Waals surface area (Å²) in [5.41, 5.74) is 0.902. The fourth-order valence-electron chi connectivity index (χ4n) is 3.75. The van der Waals surface area contributed by atoms with Crippen LogP contribution in [0.1, 0.15) is 25.3 Å². The highest BCUT2D eigenvalue weighted by Crippen LogP contribution is 2.34. The molecule has 0 bridgehead atoms. The summed E-state index contributed by atoms with van der Waals surface area (Å²) >= 11 is 0. The van der Waals surface area contributed by atoms with Crippen molar-refractivity contribution in [3.05, 3.63) is 95.3 Å². The van der Waals surface area contributed by atoms with Gasteiger partial charge in [-0.2, -0.15) is 0 Å². The summed E-state index contributed by atoms with van der Waals surface area (Å²) in [4.78, 5) is 0. The Labute approximate surface area is 177 Å². The summed E-state index contributed by atoms with van der Waals surface area (Å²) in [5, 5.41) is 0.333. The van der Waals surface area contributed by atoms with Crippen molar-refractivity contribution in [2.75, 3.05) is 0 Å². The molecule has 0 aromatic heterocycles. The molecule has 0 aliphatic heterocycles. The number of hydrogen-bond donors (Lipinski definition) is 0. The zero-order chi connectivity index (χ0) is 22.1. The van der Waals surface area contributed by atoms with Crippen LogP contribution in [0.25, 0.3) is 33.0 Å². The number of rotatable bonds is 5. The fraction of sp³-hybridized carbons (Fsp3) is 0.154. The highest BCUT2D eigenvalue weighted by molar-refractivity contribution is 5.88. The molecular weight excluding hydrogens is 407 g/mol. The van der Waals surface area contributed by atoms with E-state index in [2.05, 4.69) is 0 Å². The van der Waals surface area contributed by atoms with E-state index in [1.807, 2.05) is 6.92 Å². The Morgan fingerprint density at radius 3 is 2.06 bits per heavy atom. The topological polar surface area (TPSA) is 0 Å². The second kappa shape index (κ2) is 8.50. The maximum atomic E-state index is 14.9. The predicted octanol–water partition coefficient (Wildman–Crippen LogP) is 8.21. The molecule has 0 saturated carbocycles. The lowest BCUT2D eigenvalue weighted by Crippen LogP contribution is -1.95. The molecule has 4 rings (SSSR count). The Kier molecular flexibility index (Phi) is 5.77. The molecular formula is C26H19F5. The molecule has 0 fully saturated rings. The van der Waals surface area contributed by atoms with Crippen LogP contribution in [-0.4, -0.2) is 0 Å². The first-order chi connectivity index (χ1) is 14.9. The molecule has 31 heavy (non-hydrogen) atoms. The van der Waals surface area contributed by atoms with Gasteiger partial charge in [0.25, 0.3) is 0 Å². The summed E-state index contributed by atoms with van der Waals surface area (Å²) in [6.07, 6.45) is 2.65. The van der Waals surface area contributed by atoms with Crippen LogP contribution < -0.4 is 0 Å². The number of fused-ring (bicyclic) bond motifs is 1. The maximum absolute atomic E-state index is 14.9. The average Bonchev–Trinajstić information content (AvgIpc) is 2.74. The number of benzene rings is 4. The van der Waals surface area contributed by atoms with Crippen molar-refractivity contribution in [2.45, 2.75) is 26.2 Å². The molecule has 5 heteroatoms. The van der Waals surface area contributed by atoms with Crippen LogP contribution in [0.3, 0.4) is 0 Å². The van der Waals surface area contributed by atoms with Gasteiger partial charge in [0.2, 0.25) is 0 Å². The molecule has 0 atom stereocenters. The third-order valence-corrected chi connectivity index (χ3v) is 5.40.